The Morgan fingerprint density at radius 2 is 2.10 bits per heavy atom. The van der Waals surface area contributed by atoms with Crippen LogP contribution in [0.15, 0.2) is 17.3 Å². The van der Waals surface area contributed by atoms with Crippen LogP contribution in [-0.4, -0.2) is 30.5 Å². The van der Waals surface area contributed by atoms with Crippen molar-refractivity contribution in [3.63, 3.8) is 0 Å². The number of hydrogen-bond acceptors (Lipinski definition) is 3. The van der Waals surface area contributed by atoms with E-state index in [9.17, 15) is 0 Å². The largest absolute Gasteiger partial charge is 0.361 e. The van der Waals surface area contributed by atoms with Crippen molar-refractivity contribution in [2.75, 3.05) is 12.9 Å². The maximum Gasteiger partial charge on any atom is 0.170 e. The summed E-state index contributed by atoms with van der Waals surface area (Å²) >= 11 is 10.1. The molecule has 0 atom stereocenters. The molecule has 0 spiro atoms. The Hall–Kier alpha value is 0.237. The number of thioether (sulfide) groups is 1. The summed E-state index contributed by atoms with van der Waals surface area (Å²) in [6.45, 7) is 8.42. The van der Waals surface area contributed by atoms with E-state index in [4.69, 9.17) is 16.3 Å². The summed E-state index contributed by atoms with van der Waals surface area (Å²) in [6.07, 6.45) is 2.03. The van der Waals surface area contributed by atoms with E-state index in [1.54, 1.807) is 11.8 Å². The lowest BCUT2D eigenvalue weighted by Gasteiger charge is -2.16. The molecule has 0 amide bonds. The van der Waals surface area contributed by atoms with Crippen LogP contribution in [0, 0.1) is 3.57 Å². The van der Waals surface area contributed by atoms with Crippen molar-refractivity contribution >= 4 is 65.1 Å². The number of halogens is 2. The molecule has 0 radical (unpaired) electrons. The van der Waals surface area contributed by atoms with E-state index in [0.29, 0.717) is 6.73 Å². The van der Waals surface area contributed by atoms with Crippen LogP contribution in [0.25, 0.3) is 11.0 Å². The van der Waals surface area contributed by atoms with Crippen LogP contribution in [0.5, 0.6) is 0 Å². The molecule has 0 bridgehead atoms. The summed E-state index contributed by atoms with van der Waals surface area (Å²) in [5, 5.41) is 1.73. The second-order valence-corrected chi connectivity index (χ2v) is 14.1. The molecular weight excluding hydrogens is 435 g/mol. The second kappa shape index (κ2) is 7.21. The molecule has 0 unspecified atom stereocenters. The highest BCUT2D eigenvalue weighted by molar-refractivity contribution is 14.1. The SMILES string of the molecule is CSc1nc2cc(I)c(Cl)cc2n1COCC[Si](C)(C)C. The summed E-state index contributed by atoms with van der Waals surface area (Å²) < 4.78 is 9.00. The fourth-order valence-electron chi connectivity index (χ4n) is 1.91. The zero-order chi connectivity index (χ0) is 15.6. The van der Waals surface area contributed by atoms with Crippen molar-refractivity contribution in [3.8, 4) is 0 Å². The van der Waals surface area contributed by atoms with Crippen LogP contribution in [0.3, 0.4) is 0 Å². The van der Waals surface area contributed by atoms with Crippen LogP contribution in [-0.2, 0) is 11.5 Å². The lowest BCUT2D eigenvalue weighted by atomic mass is 10.3. The number of imidazole rings is 1. The summed E-state index contributed by atoms with van der Waals surface area (Å²) in [5.41, 5.74) is 2.01. The quantitative estimate of drug-likeness (QED) is 0.255. The van der Waals surface area contributed by atoms with Gasteiger partial charge in [-0.25, -0.2) is 4.98 Å². The smallest absolute Gasteiger partial charge is 0.170 e. The van der Waals surface area contributed by atoms with Crippen LogP contribution < -0.4 is 0 Å². The third-order valence-electron chi connectivity index (χ3n) is 3.15. The predicted molar refractivity (Wildman–Crippen MR) is 103 cm³/mol. The minimum atomic E-state index is -1.05. The monoisotopic (exact) mass is 454 g/mol. The molecular formula is C14H20ClIN2OSSi. The average Bonchev–Trinajstić information content (AvgIpc) is 2.71. The Morgan fingerprint density at radius 1 is 1.38 bits per heavy atom. The Kier molecular flexibility index (Phi) is 6.04. The van der Waals surface area contributed by atoms with E-state index in [0.717, 1.165) is 31.4 Å². The molecule has 1 aromatic carbocycles. The lowest BCUT2D eigenvalue weighted by molar-refractivity contribution is 0.0843. The summed E-state index contributed by atoms with van der Waals surface area (Å²) in [5.74, 6) is 0. The fraction of sp³-hybridized carbons (Fsp3) is 0.500. The number of hydrogen-bond donors (Lipinski definition) is 0. The van der Waals surface area contributed by atoms with Gasteiger partial charge in [0.25, 0.3) is 0 Å². The first-order chi connectivity index (χ1) is 9.81. The molecule has 1 heterocycles. The van der Waals surface area contributed by atoms with Gasteiger partial charge in [0.1, 0.15) is 6.73 Å². The normalized spacial score (nSPS) is 12.3. The molecule has 0 aliphatic heterocycles. The van der Waals surface area contributed by atoms with E-state index in [1.165, 1.54) is 6.04 Å². The van der Waals surface area contributed by atoms with Crippen LogP contribution >= 0.6 is 46.0 Å². The van der Waals surface area contributed by atoms with Crippen LogP contribution in [0.4, 0.5) is 0 Å². The first-order valence-corrected chi connectivity index (χ1v) is 13.2. The number of rotatable bonds is 6. The molecule has 1 aromatic heterocycles. The maximum absolute atomic E-state index is 6.24. The summed E-state index contributed by atoms with van der Waals surface area (Å²) in [6, 6.07) is 5.18. The van der Waals surface area contributed by atoms with Crippen molar-refractivity contribution in [1.82, 2.24) is 9.55 Å². The Balaban J connectivity index is 2.19. The molecule has 7 heteroatoms. The van der Waals surface area contributed by atoms with Gasteiger partial charge in [0.2, 0.25) is 0 Å². The van der Waals surface area contributed by atoms with E-state index < -0.39 is 8.07 Å². The zero-order valence-electron chi connectivity index (χ0n) is 12.7. The molecule has 21 heavy (non-hydrogen) atoms. The molecule has 3 nitrogen and oxygen atoms in total. The molecule has 0 aliphatic carbocycles. The van der Waals surface area contributed by atoms with Crippen molar-refractivity contribution in [2.24, 2.45) is 0 Å². The zero-order valence-corrected chi connectivity index (χ0v) is 17.5. The van der Waals surface area contributed by atoms with Gasteiger partial charge < -0.3 is 4.74 Å². The van der Waals surface area contributed by atoms with Gasteiger partial charge in [0.15, 0.2) is 5.16 Å². The highest BCUT2D eigenvalue weighted by Gasteiger charge is 2.14. The van der Waals surface area contributed by atoms with Crippen molar-refractivity contribution in [2.45, 2.75) is 37.6 Å². The maximum atomic E-state index is 6.24. The van der Waals surface area contributed by atoms with Gasteiger partial charge in [0, 0.05) is 18.3 Å². The topological polar surface area (TPSA) is 27.1 Å². The van der Waals surface area contributed by atoms with Gasteiger partial charge in [-0.1, -0.05) is 43.0 Å². The molecule has 0 aliphatic rings. The second-order valence-electron chi connectivity index (χ2n) is 6.13. The van der Waals surface area contributed by atoms with Gasteiger partial charge in [0.05, 0.1) is 16.1 Å². The Morgan fingerprint density at radius 3 is 2.71 bits per heavy atom. The van der Waals surface area contributed by atoms with E-state index in [1.807, 2.05) is 18.4 Å². The summed E-state index contributed by atoms with van der Waals surface area (Å²) in [7, 11) is -1.05. The van der Waals surface area contributed by atoms with Gasteiger partial charge >= 0.3 is 0 Å². The first kappa shape index (κ1) is 17.6. The van der Waals surface area contributed by atoms with Crippen molar-refractivity contribution in [1.29, 1.82) is 0 Å². The van der Waals surface area contributed by atoms with Gasteiger partial charge in [-0.3, -0.25) is 4.57 Å². The fourth-order valence-corrected chi connectivity index (χ4v) is 3.84. The van der Waals surface area contributed by atoms with Crippen LogP contribution in [0.2, 0.25) is 30.7 Å². The minimum absolute atomic E-state index is 0.536. The minimum Gasteiger partial charge on any atom is -0.361 e. The lowest BCUT2D eigenvalue weighted by Crippen LogP contribution is -2.22. The Bertz CT molecular complexity index is 642. The van der Waals surface area contributed by atoms with Gasteiger partial charge in [-0.15, -0.1) is 0 Å². The Labute approximate surface area is 149 Å². The molecule has 0 N–H and O–H groups in total. The highest BCUT2D eigenvalue weighted by Crippen LogP contribution is 2.28. The van der Waals surface area contributed by atoms with Gasteiger partial charge in [-0.05, 0) is 47.0 Å². The third kappa shape index (κ3) is 4.60. The standard InChI is InChI=1S/C14H20ClIN2OSSi/c1-20-14-17-12-8-11(16)10(15)7-13(12)18(14)9-19-5-6-21(2,3)4/h7-8H,5-6,9H2,1-4H3. The van der Waals surface area contributed by atoms with Crippen molar-refractivity contribution < 1.29 is 4.74 Å². The number of ether oxygens (including phenoxy) is 1. The number of benzene rings is 1. The van der Waals surface area contributed by atoms with Crippen LogP contribution in [0.1, 0.15) is 0 Å². The van der Waals surface area contributed by atoms with Crippen molar-refractivity contribution in [3.05, 3.63) is 20.7 Å². The van der Waals surface area contributed by atoms with E-state index in [2.05, 4.69) is 51.8 Å². The molecule has 0 saturated heterocycles. The van der Waals surface area contributed by atoms with Gasteiger partial charge in [-0.2, -0.15) is 0 Å². The number of nitrogens with zero attached hydrogens (tertiary/aromatic N) is 2. The first-order valence-electron chi connectivity index (χ1n) is 6.79. The number of fused-ring (bicyclic) bond motifs is 1. The average molecular weight is 455 g/mol. The molecule has 2 aromatic rings. The summed E-state index contributed by atoms with van der Waals surface area (Å²) in [4.78, 5) is 4.65. The van der Waals surface area contributed by atoms with E-state index >= 15 is 0 Å². The molecule has 2 rings (SSSR count). The molecule has 0 saturated carbocycles. The van der Waals surface area contributed by atoms with E-state index in [-0.39, 0.29) is 0 Å². The highest BCUT2D eigenvalue weighted by atomic mass is 127. The molecule has 116 valence electrons. The third-order valence-corrected chi connectivity index (χ3v) is 7.06. The predicted octanol–water partition coefficient (Wildman–Crippen LogP) is 5.33. The molecule has 0 fully saturated rings. The number of aromatic nitrogens is 2.